The second kappa shape index (κ2) is 9.41. The average molecular weight is 434 g/mol. The number of amides is 1. The molecule has 0 saturated carbocycles. The first kappa shape index (κ1) is 22.5. The van der Waals surface area contributed by atoms with Crippen molar-refractivity contribution in [2.24, 2.45) is 0 Å². The molecular formula is C26H31N3O3. The van der Waals surface area contributed by atoms with Gasteiger partial charge in [-0.05, 0) is 63.1 Å². The third-order valence-corrected chi connectivity index (χ3v) is 6.39. The number of rotatable bonds is 3. The van der Waals surface area contributed by atoms with Crippen LogP contribution in [0.15, 0.2) is 48.8 Å². The Morgan fingerprint density at radius 3 is 2.47 bits per heavy atom. The molecule has 6 nitrogen and oxygen atoms in total. The number of benzene rings is 1. The van der Waals surface area contributed by atoms with Crippen LogP contribution in [0, 0.1) is 11.8 Å². The second-order valence-electron chi connectivity index (χ2n) is 9.21. The summed E-state index contributed by atoms with van der Waals surface area (Å²) in [5, 5.41) is 19.9. The molecule has 0 radical (unpaired) electrons. The summed E-state index contributed by atoms with van der Waals surface area (Å²) < 4.78 is 0. The fraction of sp³-hybridized carbons (Fsp3) is 0.462. The average Bonchev–Trinajstić information content (AvgIpc) is 2.77. The van der Waals surface area contributed by atoms with Crippen molar-refractivity contribution in [1.29, 1.82) is 0 Å². The fourth-order valence-electron chi connectivity index (χ4n) is 4.82. The number of aliphatic hydroxyl groups is 2. The number of carbonyl (C=O) groups is 1. The van der Waals surface area contributed by atoms with Crippen molar-refractivity contribution in [2.45, 2.75) is 50.3 Å². The predicted molar refractivity (Wildman–Crippen MR) is 123 cm³/mol. The summed E-state index contributed by atoms with van der Waals surface area (Å²) in [6, 6.07) is 11.8. The predicted octanol–water partition coefficient (Wildman–Crippen LogP) is 2.27. The monoisotopic (exact) mass is 433 g/mol. The third-order valence-electron chi connectivity index (χ3n) is 6.39. The highest BCUT2D eigenvalue weighted by molar-refractivity contribution is 5.94. The van der Waals surface area contributed by atoms with Crippen LogP contribution in [-0.4, -0.2) is 74.8 Å². The summed E-state index contributed by atoms with van der Waals surface area (Å²) in [6.07, 6.45) is 5.27. The first-order chi connectivity index (χ1) is 15.4. The minimum Gasteiger partial charge on any atom is -0.395 e. The highest BCUT2D eigenvalue weighted by Crippen LogP contribution is 2.42. The zero-order valence-corrected chi connectivity index (χ0v) is 18.7. The fourth-order valence-corrected chi connectivity index (χ4v) is 4.82. The van der Waals surface area contributed by atoms with E-state index in [4.69, 9.17) is 0 Å². The molecular weight excluding hydrogens is 402 g/mol. The standard InChI is InChI=1S/C26H31N3O3/c1-26(2,32)12-9-19-5-7-20(8-6-19)24-22-17-28(25(31)21-10-13-27-14-11-21)15-3-4-16-29(22)23(24)18-30/h5-8,10-11,13-14,22-24,30,32H,3-4,15-18H2,1-2H3/t22-,23+,24-/m1/s1. The van der Waals surface area contributed by atoms with Gasteiger partial charge >= 0.3 is 0 Å². The van der Waals surface area contributed by atoms with Crippen LogP contribution in [-0.2, 0) is 0 Å². The zero-order chi connectivity index (χ0) is 22.7. The van der Waals surface area contributed by atoms with Crippen LogP contribution < -0.4 is 0 Å². The molecule has 6 heteroatoms. The van der Waals surface area contributed by atoms with Crippen LogP contribution in [0.3, 0.4) is 0 Å². The van der Waals surface area contributed by atoms with Crippen LogP contribution in [0.4, 0.5) is 0 Å². The van der Waals surface area contributed by atoms with Gasteiger partial charge < -0.3 is 15.1 Å². The summed E-state index contributed by atoms with van der Waals surface area (Å²) in [5.41, 5.74) is 1.63. The van der Waals surface area contributed by atoms with E-state index >= 15 is 0 Å². The molecule has 4 rings (SSSR count). The first-order valence-electron chi connectivity index (χ1n) is 11.3. The Kier molecular flexibility index (Phi) is 6.61. The molecule has 0 bridgehead atoms. The van der Waals surface area contributed by atoms with Gasteiger partial charge in [-0.2, -0.15) is 0 Å². The van der Waals surface area contributed by atoms with Crippen molar-refractivity contribution in [3.8, 4) is 11.8 Å². The number of hydrogen-bond acceptors (Lipinski definition) is 5. The van der Waals surface area contributed by atoms with Gasteiger partial charge in [0.1, 0.15) is 5.60 Å². The molecule has 1 amide bonds. The minimum atomic E-state index is -1.03. The van der Waals surface area contributed by atoms with Gasteiger partial charge in [0.05, 0.1) is 6.61 Å². The van der Waals surface area contributed by atoms with Crippen molar-refractivity contribution in [1.82, 2.24) is 14.8 Å². The molecule has 3 atom stereocenters. The number of pyridine rings is 1. The number of nitrogens with zero attached hydrogens (tertiary/aromatic N) is 3. The highest BCUT2D eigenvalue weighted by atomic mass is 16.3. The van der Waals surface area contributed by atoms with Gasteiger partial charge in [-0.25, -0.2) is 0 Å². The van der Waals surface area contributed by atoms with E-state index in [1.165, 1.54) is 0 Å². The molecule has 2 aromatic rings. The molecule has 0 aliphatic carbocycles. The molecule has 2 fully saturated rings. The van der Waals surface area contributed by atoms with Crippen LogP contribution in [0.1, 0.15) is 54.1 Å². The quantitative estimate of drug-likeness (QED) is 0.727. The minimum absolute atomic E-state index is 0.0395. The SMILES string of the molecule is CC(C)(O)C#Cc1ccc([C@@H]2[C@H]3CN(C(=O)c4ccncc4)CCCCN3[C@H]2CO)cc1. The van der Waals surface area contributed by atoms with Crippen molar-refractivity contribution in [2.75, 3.05) is 26.2 Å². The van der Waals surface area contributed by atoms with Crippen LogP contribution in [0.2, 0.25) is 0 Å². The number of carbonyl (C=O) groups excluding carboxylic acids is 1. The van der Waals surface area contributed by atoms with Gasteiger partial charge in [-0.1, -0.05) is 24.0 Å². The van der Waals surface area contributed by atoms with E-state index in [2.05, 4.69) is 33.9 Å². The van der Waals surface area contributed by atoms with Gasteiger partial charge in [-0.3, -0.25) is 14.7 Å². The molecule has 0 spiro atoms. The van der Waals surface area contributed by atoms with E-state index in [1.807, 2.05) is 17.0 Å². The van der Waals surface area contributed by atoms with Crippen molar-refractivity contribution >= 4 is 5.91 Å². The van der Waals surface area contributed by atoms with E-state index < -0.39 is 5.60 Å². The molecule has 1 aromatic heterocycles. The summed E-state index contributed by atoms with van der Waals surface area (Å²) in [7, 11) is 0. The molecule has 168 valence electrons. The largest absolute Gasteiger partial charge is 0.395 e. The van der Waals surface area contributed by atoms with E-state index in [0.29, 0.717) is 12.1 Å². The Balaban J connectivity index is 1.55. The molecule has 32 heavy (non-hydrogen) atoms. The molecule has 1 aromatic carbocycles. The van der Waals surface area contributed by atoms with Crippen LogP contribution in [0.5, 0.6) is 0 Å². The molecule has 3 heterocycles. The van der Waals surface area contributed by atoms with Crippen molar-refractivity contribution < 1.29 is 15.0 Å². The molecule has 2 saturated heterocycles. The molecule has 2 N–H and O–H groups in total. The number of aromatic nitrogens is 1. The third kappa shape index (κ3) is 4.86. The number of aliphatic hydroxyl groups excluding tert-OH is 1. The van der Waals surface area contributed by atoms with E-state index in [1.54, 1.807) is 38.4 Å². The smallest absolute Gasteiger partial charge is 0.254 e. The van der Waals surface area contributed by atoms with Crippen molar-refractivity contribution in [3.63, 3.8) is 0 Å². The lowest BCUT2D eigenvalue weighted by Gasteiger charge is -2.57. The number of fused-ring (bicyclic) bond motifs is 1. The van der Waals surface area contributed by atoms with E-state index in [-0.39, 0.29) is 30.5 Å². The number of hydrogen-bond donors (Lipinski definition) is 2. The molecule has 0 unspecified atom stereocenters. The maximum atomic E-state index is 13.1. The van der Waals surface area contributed by atoms with E-state index in [0.717, 1.165) is 37.1 Å². The highest BCUT2D eigenvalue weighted by Gasteiger charge is 2.49. The lowest BCUT2D eigenvalue weighted by Crippen LogP contribution is -2.67. The lowest BCUT2D eigenvalue weighted by atomic mass is 9.74. The topological polar surface area (TPSA) is 76.9 Å². The molecule has 2 aliphatic rings. The van der Waals surface area contributed by atoms with Crippen LogP contribution >= 0.6 is 0 Å². The molecule has 2 aliphatic heterocycles. The maximum absolute atomic E-state index is 13.1. The summed E-state index contributed by atoms with van der Waals surface area (Å²) >= 11 is 0. The van der Waals surface area contributed by atoms with Crippen LogP contribution in [0.25, 0.3) is 0 Å². The zero-order valence-electron chi connectivity index (χ0n) is 18.7. The van der Waals surface area contributed by atoms with Gasteiger partial charge in [0.25, 0.3) is 5.91 Å². The maximum Gasteiger partial charge on any atom is 0.254 e. The summed E-state index contributed by atoms with van der Waals surface area (Å²) in [4.78, 5) is 21.5. The summed E-state index contributed by atoms with van der Waals surface area (Å²) in [5.74, 6) is 6.04. The lowest BCUT2D eigenvalue weighted by molar-refractivity contribution is -0.0606. The Labute approximate surface area is 189 Å². The van der Waals surface area contributed by atoms with Gasteiger partial charge in [-0.15, -0.1) is 0 Å². The Hall–Kier alpha value is -2.72. The van der Waals surface area contributed by atoms with E-state index in [9.17, 15) is 15.0 Å². The first-order valence-corrected chi connectivity index (χ1v) is 11.3. The normalized spacial score (nSPS) is 23.8. The van der Waals surface area contributed by atoms with Gasteiger partial charge in [0.2, 0.25) is 0 Å². The summed E-state index contributed by atoms with van der Waals surface area (Å²) in [6.45, 7) is 5.75. The Morgan fingerprint density at radius 2 is 1.81 bits per heavy atom. The van der Waals surface area contributed by atoms with Gasteiger partial charge in [0, 0.05) is 54.6 Å². The Bertz CT molecular complexity index is 989. The second-order valence-corrected chi connectivity index (χ2v) is 9.21. The van der Waals surface area contributed by atoms with Gasteiger partial charge in [0.15, 0.2) is 0 Å². The van der Waals surface area contributed by atoms with Crippen molar-refractivity contribution in [3.05, 3.63) is 65.5 Å². The Morgan fingerprint density at radius 1 is 1.12 bits per heavy atom.